The van der Waals surface area contributed by atoms with Gasteiger partial charge in [-0.2, -0.15) is 0 Å². The highest BCUT2D eigenvalue weighted by atomic mass is 14.2. The molecule has 0 N–H and O–H groups in total. The molecule has 0 bridgehead atoms. The predicted molar refractivity (Wildman–Crippen MR) is 53.1 cm³/mol. The van der Waals surface area contributed by atoms with Crippen LogP contribution in [0.1, 0.15) is 32.8 Å². The van der Waals surface area contributed by atoms with Crippen molar-refractivity contribution in [3.8, 4) is 0 Å². The first-order valence-electron chi connectivity index (χ1n) is 4.60. The fourth-order valence-corrected chi connectivity index (χ4v) is 1.18. The number of hydrogen-bond donors (Lipinski definition) is 0. The molecule has 0 heterocycles. The molecule has 0 fully saturated rings. The van der Waals surface area contributed by atoms with Gasteiger partial charge in [-0.3, -0.25) is 0 Å². The van der Waals surface area contributed by atoms with Crippen LogP contribution >= 0.6 is 0 Å². The lowest BCUT2D eigenvalue weighted by Crippen LogP contribution is -2.13. The van der Waals surface area contributed by atoms with Crippen molar-refractivity contribution in [2.45, 2.75) is 33.6 Å². The first kappa shape index (κ1) is 9.31. The molecule has 1 aromatic rings. The van der Waals surface area contributed by atoms with Crippen LogP contribution in [0.5, 0.6) is 0 Å². The van der Waals surface area contributed by atoms with Gasteiger partial charge in [-0.15, -0.1) is 0 Å². The van der Waals surface area contributed by atoms with Gasteiger partial charge in [0.25, 0.3) is 0 Å². The van der Waals surface area contributed by atoms with Crippen LogP contribution in [0, 0.1) is 11.5 Å². The Morgan fingerprint density at radius 1 is 1.33 bits per heavy atom. The molecule has 0 heteroatoms. The Kier molecular flexibility index (Phi) is 2.91. The van der Waals surface area contributed by atoms with Gasteiger partial charge < -0.3 is 0 Å². The second-order valence-corrected chi connectivity index (χ2v) is 4.08. The van der Waals surface area contributed by atoms with Crippen LogP contribution in [-0.4, -0.2) is 0 Å². The summed E-state index contributed by atoms with van der Waals surface area (Å²) >= 11 is 0. The van der Waals surface area contributed by atoms with E-state index in [-0.39, 0.29) is 0 Å². The first-order chi connectivity index (χ1) is 5.64. The van der Waals surface area contributed by atoms with Gasteiger partial charge in [0.05, 0.1) is 0 Å². The molecular weight excluding hydrogens is 144 g/mol. The molecule has 0 aliphatic heterocycles. The van der Waals surface area contributed by atoms with E-state index >= 15 is 0 Å². The Bertz CT molecular complexity index is 221. The molecule has 1 aromatic carbocycles. The average Bonchev–Trinajstić information content (AvgIpc) is 2.06. The summed E-state index contributed by atoms with van der Waals surface area (Å²) in [5.41, 5.74) is 1.74. The maximum absolute atomic E-state index is 3.26. The van der Waals surface area contributed by atoms with Crippen LogP contribution in [0.2, 0.25) is 0 Å². The van der Waals surface area contributed by atoms with Crippen molar-refractivity contribution in [1.29, 1.82) is 0 Å². The summed E-state index contributed by atoms with van der Waals surface area (Å²) in [5.74, 6) is 0. The SMILES string of the molecule is CCC(C)(C)Cc1[c]cccc1. The summed E-state index contributed by atoms with van der Waals surface area (Å²) in [4.78, 5) is 0. The number of hydrogen-bond acceptors (Lipinski definition) is 0. The Morgan fingerprint density at radius 3 is 2.58 bits per heavy atom. The largest absolute Gasteiger partial charge is 0.0649 e. The summed E-state index contributed by atoms with van der Waals surface area (Å²) in [6.45, 7) is 6.84. The van der Waals surface area contributed by atoms with Crippen molar-refractivity contribution in [3.05, 3.63) is 35.9 Å². The van der Waals surface area contributed by atoms with E-state index in [0.717, 1.165) is 6.42 Å². The quantitative estimate of drug-likeness (QED) is 0.636. The third-order valence-electron chi connectivity index (χ3n) is 2.40. The maximum atomic E-state index is 3.26. The zero-order valence-electron chi connectivity index (χ0n) is 8.22. The summed E-state index contributed by atoms with van der Waals surface area (Å²) in [6.07, 6.45) is 2.35. The van der Waals surface area contributed by atoms with Crippen molar-refractivity contribution >= 4 is 0 Å². The van der Waals surface area contributed by atoms with E-state index in [0.29, 0.717) is 5.41 Å². The molecule has 0 aromatic heterocycles. The van der Waals surface area contributed by atoms with Crippen LogP contribution in [0.25, 0.3) is 0 Å². The van der Waals surface area contributed by atoms with Crippen LogP contribution in [0.15, 0.2) is 24.3 Å². The molecule has 1 radical (unpaired) electrons. The Labute approximate surface area is 75.6 Å². The zero-order valence-corrected chi connectivity index (χ0v) is 8.22. The third-order valence-corrected chi connectivity index (χ3v) is 2.40. The van der Waals surface area contributed by atoms with Crippen LogP contribution in [-0.2, 0) is 6.42 Å². The van der Waals surface area contributed by atoms with E-state index in [1.165, 1.54) is 12.0 Å². The predicted octanol–water partition coefficient (Wildman–Crippen LogP) is 3.47. The molecule has 0 saturated heterocycles. The Balaban J connectivity index is 2.64. The van der Waals surface area contributed by atoms with Gasteiger partial charge in [-0.05, 0) is 23.5 Å². The van der Waals surface area contributed by atoms with Crippen molar-refractivity contribution in [2.75, 3.05) is 0 Å². The molecule has 0 aliphatic rings. The smallest absolute Gasteiger partial charge is 0.0149 e. The molecule has 65 valence electrons. The fraction of sp³-hybridized carbons (Fsp3) is 0.500. The summed E-state index contributed by atoms with van der Waals surface area (Å²) in [7, 11) is 0. The fourth-order valence-electron chi connectivity index (χ4n) is 1.18. The summed E-state index contributed by atoms with van der Waals surface area (Å²) < 4.78 is 0. The Morgan fingerprint density at radius 2 is 2.08 bits per heavy atom. The summed E-state index contributed by atoms with van der Waals surface area (Å²) in [5, 5.41) is 0. The van der Waals surface area contributed by atoms with E-state index < -0.39 is 0 Å². The molecular formula is C12H17. The van der Waals surface area contributed by atoms with Gasteiger partial charge in [-0.25, -0.2) is 0 Å². The molecule has 0 nitrogen and oxygen atoms in total. The molecule has 0 aliphatic carbocycles. The molecule has 0 atom stereocenters. The summed E-state index contributed by atoms with van der Waals surface area (Å²) in [6, 6.07) is 11.5. The van der Waals surface area contributed by atoms with Gasteiger partial charge in [0, 0.05) is 0 Å². The lowest BCUT2D eigenvalue weighted by atomic mass is 9.83. The van der Waals surface area contributed by atoms with Gasteiger partial charge in [0.15, 0.2) is 0 Å². The zero-order chi connectivity index (χ0) is 9.03. The normalized spacial score (nSPS) is 11.6. The first-order valence-corrected chi connectivity index (χ1v) is 4.60. The molecule has 0 spiro atoms. The van der Waals surface area contributed by atoms with E-state index in [2.05, 4.69) is 39.0 Å². The lowest BCUT2D eigenvalue weighted by Gasteiger charge is -2.22. The third kappa shape index (κ3) is 2.69. The number of rotatable bonds is 3. The highest BCUT2D eigenvalue weighted by Gasteiger charge is 2.14. The molecule has 0 saturated carbocycles. The molecule has 0 unspecified atom stereocenters. The minimum absolute atomic E-state index is 0.415. The van der Waals surface area contributed by atoms with Crippen molar-refractivity contribution < 1.29 is 0 Å². The van der Waals surface area contributed by atoms with Gasteiger partial charge in [0.1, 0.15) is 0 Å². The van der Waals surface area contributed by atoms with Crippen molar-refractivity contribution in [1.82, 2.24) is 0 Å². The molecule has 0 amide bonds. The topological polar surface area (TPSA) is 0 Å². The van der Waals surface area contributed by atoms with Crippen molar-refractivity contribution in [3.63, 3.8) is 0 Å². The van der Waals surface area contributed by atoms with Crippen LogP contribution in [0.3, 0.4) is 0 Å². The van der Waals surface area contributed by atoms with E-state index in [4.69, 9.17) is 0 Å². The standard InChI is InChI=1S/C12H17/c1-4-12(2,3)10-11-8-6-5-7-9-11/h5-8H,4,10H2,1-3H3. The van der Waals surface area contributed by atoms with E-state index in [9.17, 15) is 0 Å². The van der Waals surface area contributed by atoms with Gasteiger partial charge in [0.2, 0.25) is 0 Å². The van der Waals surface area contributed by atoms with E-state index in [1.807, 2.05) is 12.1 Å². The van der Waals surface area contributed by atoms with Crippen LogP contribution in [0.4, 0.5) is 0 Å². The average molecular weight is 161 g/mol. The highest BCUT2D eigenvalue weighted by Crippen LogP contribution is 2.24. The van der Waals surface area contributed by atoms with Crippen LogP contribution < -0.4 is 0 Å². The van der Waals surface area contributed by atoms with Crippen molar-refractivity contribution in [2.24, 2.45) is 5.41 Å². The lowest BCUT2D eigenvalue weighted by molar-refractivity contribution is 0.349. The second kappa shape index (κ2) is 3.75. The monoisotopic (exact) mass is 161 g/mol. The number of benzene rings is 1. The Hall–Kier alpha value is -0.780. The minimum atomic E-state index is 0.415. The highest BCUT2D eigenvalue weighted by molar-refractivity contribution is 5.14. The minimum Gasteiger partial charge on any atom is -0.0649 e. The molecule has 12 heavy (non-hydrogen) atoms. The molecule has 1 rings (SSSR count). The van der Waals surface area contributed by atoms with E-state index in [1.54, 1.807) is 0 Å². The van der Waals surface area contributed by atoms with Gasteiger partial charge >= 0.3 is 0 Å². The van der Waals surface area contributed by atoms with Gasteiger partial charge in [-0.1, -0.05) is 51.5 Å². The second-order valence-electron chi connectivity index (χ2n) is 4.08. The maximum Gasteiger partial charge on any atom is -0.0149 e.